The Morgan fingerprint density at radius 3 is 3.00 bits per heavy atom. The van der Waals surface area contributed by atoms with Gasteiger partial charge >= 0.3 is 0 Å². The van der Waals surface area contributed by atoms with E-state index in [9.17, 15) is 5.11 Å². The van der Waals surface area contributed by atoms with Gasteiger partial charge in [0.1, 0.15) is 5.01 Å². The van der Waals surface area contributed by atoms with Crippen LogP contribution in [-0.2, 0) is 6.42 Å². The van der Waals surface area contributed by atoms with Crippen molar-refractivity contribution in [3.05, 3.63) is 34.3 Å². The van der Waals surface area contributed by atoms with Crippen molar-refractivity contribution in [1.82, 2.24) is 4.98 Å². The van der Waals surface area contributed by atoms with Crippen molar-refractivity contribution < 1.29 is 5.11 Å². The van der Waals surface area contributed by atoms with Gasteiger partial charge in [0, 0.05) is 11.3 Å². The highest BCUT2D eigenvalue weighted by atomic mass is 32.1. The Morgan fingerprint density at radius 2 is 2.28 bits per heavy atom. The maximum atomic E-state index is 9.97. The van der Waals surface area contributed by atoms with Crippen LogP contribution in [0.3, 0.4) is 0 Å². The summed E-state index contributed by atoms with van der Waals surface area (Å²) in [6.07, 6.45) is 2.54. The molecule has 3 nitrogen and oxygen atoms in total. The Bertz CT molecular complexity index is 591. The smallest absolute Gasteiger partial charge is 0.123 e. The lowest BCUT2D eigenvalue weighted by molar-refractivity contribution is 0.160. The Labute approximate surface area is 110 Å². The molecule has 94 valence electrons. The maximum absolute atomic E-state index is 9.97. The molecule has 1 aromatic carbocycles. The number of thiazole rings is 1. The fourth-order valence-corrected chi connectivity index (χ4v) is 3.46. The van der Waals surface area contributed by atoms with E-state index in [1.54, 1.807) is 11.3 Å². The number of hydrogen-bond donors (Lipinski definition) is 2. The van der Waals surface area contributed by atoms with E-state index < -0.39 is 0 Å². The van der Waals surface area contributed by atoms with Crippen molar-refractivity contribution in [2.24, 2.45) is 0 Å². The van der Waals surface area contributed by atoms with E-state index in [-0.39, 0.29) is 6.10 Å². The van der Waals surface area contributed by atoms with Gasteiger partial charge in [0.05, 0.1) is 16.7 Å². The quantitative estimate of drug-likeness (QED) is 0.775. The van der Waals surface area contributed by atoms with E-state index in [0.717, 1.165) is 51.7 Å². The molecule has 2 aromatic rings. The normalized spacial score (nSPS) is 18.7. The fourth-order valence-electron chi connectivity index (χ4n) is 2.33. The summed E-state index contributed by atoms with van der Waals surface area (Å²) < 4.78 is 0. The number of aryl methyl sites for hydroxylation is 2. The fraction of sp³-hybridized carbons (Fsp3) is 0.357. The van der Waals surface area contributed by atoms with Gasteiger partial charge in [0.2, 0.25) is 0 Å². The molecule has 0 bridgehead atoms. The molecule has 4 heteroatoms. The third-order valence-corrected chi connectivity index (χ3v) is 4.69. The number of aliphatic hydroxyl groups excluding tert-OH is 1. The number of rotatable bonds is 1. The third kappa shape index (κ3) is 1.91. The van der Waals surface area contributed by atoms with E-state index in [4.69, 9.17) is 5.73 Å². The van der Waals surface area contributed by atoms with Crippen LogP contribution in [0.2, 0.25) is 0 Å². The number of aromatic nitrogens is 1. The zero-order chi connectivity index (χ0) is 12.7. The molecular weight excluding hydrogens is 244 g/mol. The summed E-state index contributed by atoms with van der Waals surface area (Å²) in [7, 11) is 0. The monoisotopic (exact) mass is 260 g/mol. The summed E-state index contributed by atoms with van der Waals surface area (Å²) >= 11 is 1.61. The van der Waals surface area contributed by atoms with Gasteiger partial charge in [0.15, 0.2) is 0 Å². The molecule has 0 aliphatic heterocycles. The van der Waals surface area contributed by atoms with Gasteiger partial charge in [-0.05, 0) is 49.9 Å². The Hall–Kier alpha value is -1.39. The van der Waals surface area contributed by atoms with Gasteiger partial charge in [-0.3, -0.25) is 0 Å². The second-order valence-electron chi connectivity index (χ2n) is 4.81. The number of benzene rings is 1. The Morgan fingerprint density at radius 1 is 1.44 bits per heavy atom. The number of fused-ring (bicyclic) bond motifs is 1. The molecule has 0 fully saturated rings. The molecule has 1 atom stereocenters. The average Bonchev–Trinajstić information content (AvgIpc) is 2.78. The van der Waals surface area contributed by atoms with Gasteiger partial charge in [-0.1, -0.05) is 0 Å². The average molecular weight is 260 g/mol. The standard InChI is InChI=1S/C14H16N2OS/c1-8-7-9(5-6-10(8)15)14-16-11-3-2-4-12(17)13(11)18-14/h5-7,12,17H,2-4,15H2,1H3. The maximum Gasteiger partial charge on any atom is 0.123 e. The first-order chi connectivity index (χ1) is 8.65. The molecule has 0 saturated heterocycles. The van der Waals surface area contributed by atoms with Crippen LogP contribution in [0.15, 0.2) is 18.2 Å². The molecule has 18 heavy (non-hydrogen) atoms. The van der Waals surface area contributed by atoms with Crippen LogP contribution in [0.5, 0.6) is 0 Å². The van der Waals surface area contributed by atoms with E-state index in [2.05, 4.69) is 11.1 Å². The molecule has 3 rings (SSSR count). The summed E-state index contributed by atoms with van der Waals surface area (Å²) in [5.41, 5.74) is 9.87. The number of hydrogen-bond acceptors (Lipinski definition) is 4. The summed E-state index contributed by atoms with van der Waals surface area (Å²) in [4.78, 5) is 5.71. The molecule has 1 aliphatic rings. The van der Waals surface area contributed by atoms with Crippen LogP contribution < -0.4 is 5.73 Å². The second kappa shape index (κ2) is 4.37. The molecule has 1 heterocycles. The molecule has 1 aromatic heterocycles. The molecule has 0 radical (unpaired) electrons. The molecule has 0 amide bonds. The van der Waals surface area contributed by atoms with E-state index in [1.807, 2.05) is 19.1 Å². The van der Waals surface area contributed by atoms with Crippen LogP contribution >= 0.6 is 11.3 Å². The number of nitrogens with zero attached hydrogens (tertiary/aromatic N) is 1. The van der Waals surface area contributed by atoms with Crippen LogP contribution in [-0.4, -0.2) is 10.1 Å². The van der Waals surface area contributed by atoms with Crippen LogP contribution in [0.25, 0.3) is 10.6 Å². The lowest BCUT2D eigenvalue weighted by Gasteiger charge is -2.14. The number of nitrogen functional groups attached to an aromatic ring is 1. The molecular formula is C14H16N2OS. The SMILES string of the molecule is Cc1cc(-c2nc3c(s2)C(O)CCC3)ccc1N. The molecule has 3 N–H and O–H groups in total. The highest BCUT2D eigenvalue weighted by Crippen LogP contribution is 2.38. The highest BCUT2D eigenvalue weighted by Gasteiger charge is 2.23. The van der Waals surface area contributed by atoms with Crippen molar-refractivity contribution in [3.63, 3.8) is 0 Å². The summed E-state index contributed by atoms with van der Waals surface area (Å²) in [5, 5.41) is 11.0. The predicted octanol–water partition coefficient (Wildman–Crippen LogP) is 3.07. The van der Waals surface area contributed by atoms with Crippen molar-refractivity contribution in [2.45, 2.75) is 32.3 Å². The van der Waals surface area contributed by atoms with E-state index in [1.165, 1.54) is 0 Å². The van der Waals surface area contributed by atoms with Crippen molar-refractivity contribution in [3.8, 4) is 10.6 Å². The predicted molar refractivity (Wildman–Crippen MR) is 74.6 cm³/mol. The Kier molecular flexibility index (Phi) is 2.84. The molecule has 0 saturated carbocycles. The topological polar surface area (TPSA) is 59.1 Å². The van der Waals surface area contributed by atoms with Gasteiger partial charge < -0.3 is 10.8 Å². The minimum atomic E-state index is -0.324. The summed E-state index contributed by atoms with van der Waals surface area (Å²) in [6.45, 7) is 2.00. The number of aliphatic hydroxyl groups is 1. The molecule has 0 spiro atoms. The highest BCUT2D eigenvalue weighted by molar-refractivity contribution is 7.15. The lowest BCUT2D eigenvalue weighted by atomic mass is 10.0. The van der Waals surface area contributed by atoms with Gasteiger partial charge in [-0.2, -0.15) is 0 Å². The third-order valence-electron chi connectivity index (χ3n) is 3.44. The minimum Gasteiger partial charge on any atom is -0.399 e. The Balaban J connectivity index is 2.04. The van der Waals surface area contributed by atoms with Gasteiger partial charge in [0.25, 0.3) is 0 Å². The minimum absolute atomic E-state index is 0.324. The molecule has 1 unspecified atom stereocenters. The van der Waals surface area contributed by atoms with E-state index >= 15 is 0 Å². The molecule has 1 aliphatic carbocycles. The number of anilines is 1. The largest absolute Gasteiger partial charge is 0.399 e. The van der Waals surface area contributed by atoms with Gasteiger partial charge in [-0.15, -0.1) is 11.3 Å². The van der Waals surface area contributed by atoms with Crippen molar-refractivity contribution in [2.75, 3.05) is 5.73 Å². The van der Waals surface area contributed by atoms with Crippen LogP contribution in [0, 0.1) is 6.92 Å². The zero-order valence-corrected chi connectivity index (χ0v) is 11.1. The first-order valence-corrected chi connectivity index (χ1v) is 7.01. The lowest BCUT2D eigenvalue weighted by Crippen LogP contribution is -2.06. The van der Waals surface area contributed by atoms with Crippen LogP contribution in [0.4, 0.5) is 5.69 Å². The van der Waals surface area contributed by atoms with Gasteiger partial charge in [-0.25, -0.2) is 4.98 Å². The first-order valence-electron chi connectivity index (χ1n) is 6.19. The van der Waals surface area contributed by atoms with E-state index in [0.29, 0.717) is 0 Å². The number of nitrogens with two attached hydrogens (primary N) is 1. The second-order valence-corrected chi connectivity index (χ2v) is 5.84. The zero-order valence-electron chi connectivity index (χ0n) is 10.3. The van der Waals surface area contributed by atoms with Crippen molar-refractivity contribution >= 4 is 17.0 Å². The summed E-state index contributed by atoms with van der Waals surface area (Å²) in [5.74, 6) is 0. The van der Waals surface area contributed by atoms with Crippen molar-refractivity contribution in [1.29, 1.82) is 0 Å². The van der Waals surface area contributed by atoms with Crippen LogP contribution in [0.1, 0.15) is 35.1 Å². The summed E-state index contributed by atoms with van der Waals surface area (Å²) in [6, 6.07) is 5.98. The first kappa shape index (κ1) is 11.7.